The van der Waals surface area contributed by atoms with Gasteiger partial charge in [-0.3, -0.25) is 0 Å². The minimum absolute atomic E-state index is 0.372. The fourth-order valence-electron chi connectivity index (χ4n) is 3.00. The molecular weight excluding hydrogens is 208 g/mol. The van der Waals surface area contributed by atoms with Crippen molar-refractivity contribution in [2.45, 2.75) is 37.5 Å². The standard InChI is InChI=1S/C15H20N2/c16-11-6-12-17-13-15(9-4-5-10-15)14-7-2-1-3-8-14/h1-3,7-8,17H,4-6,9-10,12-13H2/p+1. The highest BCUT2D eigenvalue weighted by molar-refractivity contribution is 5.26. The molecule has 0 unspecified atom stereocenters. The first-order chi connectivity index (χ1) is 8.37. The summed E-state index contributed by atoms with van der Waals surface area (Å²) in [6.45, 7) is 2.07. The summed E-state index contributed by atoms with van der Waals surface area (Å²) in [7, 11) is 0. The first-order valence-corrected chi connectivity index (χ1v) is 6.62. The largest absolute Gasteiger partial charge is 0.345 e. The average Bonchev–Trinajstić information content (AvgIpc) is 2.86. The van der Waals surface area contributed by atoms with Crippen LogP contribution in [0.5, 0.6) is 0 Å². The van der Waals surface area contributed by atoms with Crippen LogP contribution in [0.4, 0.5) is 0 Å². The maximum atomic E-state index is 8.57. The minimum Gasteiger partial charge on any atom is -0.345 e. The molecule has 1 fully saturated rings. The van der Waals surface area contributed by atoms with Crippen LogP contribution in [0, 0.1) is 11.3 Å². The van der Waals surface area contributed by atoms with Gasteiger partial charge in [0.15, 0.2) is 0 Å². The van der Waals surface area contributed by atoms with Gasteiger partial charge in [0.2, 0.25) is 0 Å². The Balaban J connectivity index is 2.03. The Morgan fingerprint density at radius 3 is 2.53 bits per heavy atom. The summed E-state index contributed by atoms with van der Waals surface area (Å²) in [6.07, 6.45) is 5.97. The molecule has 90 valence electrons. The van der Waals surface area contributed by atoms with Gasteiger partial charge in [-0.2, -0.15) is 5.26 Å². The Morgan fingerprint density at radius 2 is 1.88 bits per heavy atom. The summed E-state index contributed by atoms with van der Waals surface area (Å²) in [5, 5.41) is 10.9. The summed E-state index contributed by atoms with van der Waals surface area (Å²) >= 11 is 0. The zero-order valence-electron chi connectivity index (χ0n) is 10.4. The van der Waals surface area contributed by atoms with Gasteiger partial charge < -0.3 is 5.32 Å². The van der Waals surface area contributed by atoms with E-state index in [0.717, 1.165) is 13.1 Å². The van der Waals surface area contributed by atoms with Crippen molar-refractivity contribution < 1.29 is 5.32 Å². The van der Waals surface area contributed by atoms with Gasteiger partial charge in [0, 0.05) is 5.41 Å². The Hall–Kier alpha value is -1.33. The van der Waals surface area contributed by atoms with E-state index >= 15 is 0 Å². The first-order valence-electron chi connectivity index (χ1n) is 6.62. The molecule has 0 amide bonds. The van der Waals surface area contributed by atoms with Crippen molar-refractivity contribution in [1.82, 2.24) is 0 Å². The van der Waals surface area contributed by atoms with Crippen LogP contribution in [0.1, 0.15) is 37.7 Å². The van der Waals surface area contributed by atoms with E-state index in [1.54, 1.807) is 0 Å². The molecular formula is C15H21N2+. The second-order valence-corrected chi connectivity index (χ2v) is 5.04. The van der Waals surface area contributed by atoms with Gasteiger partial charge in [0.25, 0.3) is 0 Å². The summed E-state index contributed by atoms with van der Waals surface area (Å²) in [5.41, 5.74) is 1.86. The lowest BCUT2D eigenvalue weighted by atomic mass is 9.79. The van der Waals surface area contributed by atoms with Crippen LogP contribution in [0.25, 0.3) is 0 Å². The third kappa shape index (κ3) is 2.87. The van der Waals surface area contributed by atoms with Crippen LogP contribution in [0.15, 0.2) is 30.3 Å². The lowest BCUT2D eigenvalue weighted by Crippen LogP contribution is -2.87. The molecule has 0 aliphatic heterocycles. The number of nitrogens with zero attached hydrogens (tertiary/aromatic N) is 1. The van der Waals surface area contributed by atoms with Crippen molar-refractivity contribution in [2.24, 2.45) is 0 Å². The average molecular weight is 229 g/mol. The van der Waals surface area contributed by atoms with Gasteiger partial charge in [0.1, 0.15) is 0 Å². The number of hydrogen-bond donors (Lipinski definition) is 1. The third-order valence-electron chi connectivity index (χ3n) is 3.94. The number of quaternary nitrogens is 1. The molecule has 2 N–H and O–H groups in total. The van der Waals surface area contributed by atoms with Gasteiger partial charge in [-0.05, 0) is 18.4 Å². The number of nitriles is 1. The van der Waals surface area contributed by atoms with Crippen molar-refractivity contribution in [2.75, 3.05) is 13.1 Å². The predicted octanol–water partition coefficient (Wildman–Crippen LogP) is 1.98. The molecule has 0 heterocycles. The highest BCUT2D eigenvalue weighted by atomic mass is 14.9. The van der Waals surface area contributed by atoms with E-state index in [0.29, 0.717) is 11.8 Å². The Bertz CT molecular complexity index is 372. The van der Waals surface area contributed by atoms with Crippen LogP contribution in [-0.4, -0.2) is 13.1 Å². The molecule has 1 aliphatic carbocycles. The Labute approximate surface area is 104 Å². The molecule has 17 heavy (non-hydrogen) atoms. The van der Waals surface area contributed by atoms with Gasteiger partial charge in [-0.15, -0.1) is 0 Å². The monoisotopic (exact) mass is 229 g/mol. The second-order valence-electron chi connectivity index (χ2n) is 5.04. The topological polar surface area (TPSA) is 40.4 Å². The van der Waals surface area contributed by atoms with Crippen molar-refractivity contribution >= 4 is 0 Å². The maximum Gasteiger partial charge on any atom is 0.0887 e. The van der Waals surface area contributed by atoms with E-state index in [2.05, 4.69) is 41.7 Å². The fraction of sp³-hybridized carbons (Fsp3) is 0.533. The zero-order valence-corrected chi connectivity index (χ0v) is 10.4. The summed E-state index contributed by atoms with van der Waals surface area (Å²) in [6, 6.07) is 13.1. The van der Waals surface area contributed by atoms with Crippen molar-refractivity contribution in [3.05, 3.63) is 35.9 Å². The minimum atomic E-state index is 0.372. The molecule has 0 bridgehead atoms. The number of nitrogens with two attached hydrogens (primary N) is 1. The lowest BCUT2D eigenvalue weighted by molar-refractivity contribution is -0.661. The molecule has 0 radical (unpaired) electrons. The van der Waals surface area contributed by atoms with Crippen LogP contribution < -0.4 is 5.32 Å². The van der Waals surface area contributed by atoms with Crippen LogP contribution >= 0.6 is 0 Å². The predicted molar refractivity (Wildman–Crippen MR) is 68.5 cm³/mol. The highest BCUT2D eigenvalue weighted by Gasteiger charge is 2.36. The van der Waals surface area contributed by atoms with Crippen molar-refractivity contribution in [1.29, 1.82) is 5.26 Å². The summed E-state index contributed by atoms with van der Waals surface area (Å²) < 4.78 is 0. The van der Waals surface area contributed by atoms with Gasteiger partial charge in [-0.25, -0.2) is 0 Å². The fourth-order valence-corrected chi connectivity index (χ4v) is 3.00. The molecule has 0 aromatic heterocycles. The smallest absolute Gasteiger partial charge is 0.0887 e. The quantitative estimate of drug-likeness (QED) is 0.771. The SMILES string of the molecule is N#CCC[NH2+]CC1(c2ccccc2)CCCC1. The second kappa shape index (κ2) is 5.84. The van der Waals surface area contributed by atoms with Crippen molar-refractivity contribution in [3.8, 4) is 6.07 Å². The summed E-state index contributed by atoms with van der Waals surface area (Å²) in [4.78, 5) is 0. The van der Waals surface area contributed by atoms with E-state index in [1.165, 1.54) is 31.2 Å². The van der Waals surface area contributed by atoms with Gasteiger partial charge in [0.05, 0.1) is 25.6 Å². The molecule has 0 spiro atoms. The third-order valence-corrected chi connectivity index (χ3v) is 3.94. The van der Waals surface area contributed by atoms with Gasteiger partial charge in [-0.1, -0.05) is 43.2 Å². The molecule has 0 saturated heterocycles. The number of hydrogen-bond acceptors (Lipinski definition) is 1. The van der Waals surface area contributed by atoms with Crippen LogP contribution in [0.3, 0.4) is 0 Å². The lowest BCUT2D eigenvalue weighted by Gasteiger charge is -2.27. The molecule has 2 heteroatoms. The molecule has 0 atom stereocenters. The van der Waals surface area contributed by atoms with Crippen LogP contribution in [-0.2, 0) is 5.41 Å². The van der Waals surface area contributed by atoms with E-state index in [-0.39, 0.29) is 0 Å². The van der Waals surface area contributed by atoms with E-state index in [9.17, 15) is 0 Å². The van der Waals surface area contributed by atoms with E-state index in [4.69, 9.17) is 5.26 Å². The molecule has 1 saturated carbocycles. The van der Waals surface area contributed by atoms with E-state index < -0.39 is 0 Å². The molecule has 2 nitrogen and oxygen atoms in total. The normalized spacial score (nSPS) is 17.8. The van der Waals surface area contributed by atoms with E-state index in [1.807, 2.05) is 0 Å². The van der Waals surface area contributed by atoms with Crippen molar-refractivity contribution in [3.63, 3.8) is 0 Å². The molecule has 1 aliphatic rings. The Morgan fingerprint density at radius 1 is 1.18 bits per heavy atom. The molecule has 2 rings (SSSR count). The van der Waals surface area contributed by atoms with Crippen LogP contribution in [0.2, 0.25) is 0 Å². The zero-order chi connectivity index (χ0) is 12.0. The molecule has 1 aromatic carbocycles. The van der Waals surface area contributed by atoms with Gasteiger partial charge >= 0.3 is 0 Å². The molecule has 1 aromatic rings. The maximum absolute atomic E-state index is 8.57. The summed E-state index contributed by atoms with van der Waals surface area (Å²) in [5.74, 6) is 0. The number of benzene rings is 1. The Kier molecular flexibility index (Phi) is 4.17. The first kappa shape index (κ1) is 12.1. The highest BCUT2D eigenvalue weighted by Crippen LogP contribution is 2.39. The number of rotatable bonds is 5.